The van der Waals surface area contributed by atoms with E-state index < -0.39 is 9.84 Å². The first-order valence-corrected chi connectivity index (χ1v) is 9.76. The molecule has 3 aromatic rings. The first-order chi connectivity index (χ1) is 11.9. The maximum absolute atomic E-state index is 13.1. The van der Waals surface area contributed by atoms with E-state index in [1.807, 2.05) is 30.3 Å². The van der Waals surface area contributed by atoms with Gasteiger partial charge in [-0.15, -0.1) is 11.3 Å². The highest BCUT2D eigenvalue weighted by atomic mass is 32.2. The molecule has 7 heteroatoms. The van der Waals surface area contributed by atoms with Gasteiger partial charge in [0.05, 0.1) is 15.5 Å². The number of hydrogen-bond acceptors (Lipinski definition) is 6. The fourth-order valence-electron chi connectivity index (χ4n) is 2.41. The number of carbonyl (C=O) groups excluding carboxylic acids is 1. The largest absolute Gasteiger partial charge is 0.396 e. The maximum Gasteiger partial charge on any atom is 0.211 e. The van der Waals surface area contributed by atoms with Crippen molar-refractivity contribution in [2.75, 3.05) is 11.1 Å². The highest BCUT2D eigenvalue weighted by Crippen LogP contribution is 2.43. The van der Waals surface area contributed by atoms with Crippen LogP contribution in [-0.4, -0.2) is 14.2 Å². The minimum absolute atomic E-state index is 0.0141. The van der Waals surface area contributed by atoms with Crippen molar-refractivity contribution >= 4 is 43.3 Å². The third-order valence-corrected chi connectivity index (χ3v) is 6.78. The molecule has 0 amide bonds. The molecular weight excluding hydrogens is 356 g/mol. The third-order valence-electron chi connectivity index (χ3n) is 3.57. The summed E-state index contributed by atoms with van der Waals surface area (Å²) in [5, 5.41) is 3.40. The minimum Gasteiger partial charge on any atom is -0.396 e. The van der Waals surface area contributed by atoms with Crippen LogP contribution in [0.5, 0.6) is 0 Å². The maximum atomic E-state index is 13.1. The highest BCUT2D eigenvalue weighted by molar-refractivity contribution is 7.92. The van der Waals surface area contributed by atoms with E-state index in [1.165, 1.54) is 19.1 Å². The average molecular weight is 372 g/mol. The molecule has 0 aliphatic carbocycles. The molecule has 3 rings (SSSR count). The fourth-order valence-corrected chi connectivity index (χ4v) is 5.30. The van der Waals surface area contributed by atoms with E-state index >= 15 is 0 Å². The van der Waals surface area contributed by atoms with E-state index in [0.717, 1.165) is 11.3 Å². The molecule has 0 saturated heterocycles. The number of anilines is 3. The number of para-hydroxylation sites is 1. The number of nitrogen functional groups attached to an aromatic ring is 1. The zero-order valence-corrected chi connectivity index (χ0v) is 15.0. The number of thiophene rings is 1. The van der Waals surface area contributed by atoms with E-state index in [2.05, 4.69) is 5.32 Å². The summed E-state index contributed by atoms with van der Waals surface area (Å²) < 4.78 is 26.2. The molecule has 3 N–H and O–H groups in total. The van der Waals surface area contributed by atoms with Crippen molar-refractivity contribution in [2.45, 2.75) is 16.7 Å². The van der Waals surface area contributed by atoms with Gasteiger partial charge in [-0.3, -0.25) is 4.79 Å². The Kier molecular flexibility index (Phi) is 4.61. The number of hydrogen-bond donors (Lipinski definition) is 2. The van der Waals surface area contributed by atoms with Crippen LogP contribution in [0, 0.1) is 0 Å². The van der Waals surface area contributed by atoms with Crippen molar-refractivity contribution in [3.8, 4) is 0 Å². The molecule has 0 saturated carbocycles. The molecule has 2 aromatic carbocycles. The van der Waals surface area contributed by atoms with Gasteiger partial charge in [-0.05, 0) is 24.3 Å². The van der Waals surface area contributed by atoms with Gasteiger partial charge in [0, 0.05) is 12.6 Å². The Labute approximate surface area is 150 Å². The fraction of sp³-hybridized carbons (Fsp3) is 0.0556. The summed E-state index contributed by atoms with van der Waals surface area (Å²) in [4.78, 5) is 12.2. The molecule has 1 heterocycles. The van der Waals surface area contributed by atoms with Crippen LogP contribution in [0.3, 0.4) is 0 Å². The topological polar surface area (TPSA) is 89.3 Å². The van der Waals surface area contributed by atoms with Crippen LogP contribution in [0.15, 0.2) is 70.5 Å². The Morgan fingerprint density at radius 1 is 1.00 bits per heavy atom. The average Bonchev–Trinajstić information content (AvgIpc) is 2.93. The highest BCUT2D eigenvalue weighted by Gasteiger charge is 2.30. The molecule has 0 atom stereocenters. The lowest BCUT2D eigenvalue weighted by molar-refractivity contribution is 0.102. The van der Waals surface area contributed by atoms with Crippen LogP contribution in [0.2, 0.25) is 0 Å². The van der Waals surface area contributed by atoms with Gasteiger partial charge in [0.25, 0.3) is 0 Å². The molecule has 1 aromatic heterocycles. The van der Waals surface area contributed by atoms with Crippen LogP contribution in [0.4, 0.5) is 16.4 Å². The van der Waals surface area contributed by atoms with Crippen molar-refractivity contribution < 1.29 is 13.2 Å². The number of nitrogens with one attached hydrogen (secondary N) is 1. The predicted molar refractivity (Wildman–Crippen MR) is 100 cm³/mol. The summed E-state index contributed by atoms with van der Waals surface area (Å²) in [6, 6.07) is 17.2. The van der Waals surface area contributed by atoms with Crippen LogP contribution >= 0.6 is 11.3 Å². The first-order valence-electron chi connectivity index (χ1n) is 7.46. The van der Waals surface area contributed by atoms with Gasteiger partial charge in [0.2, 0.25) is 9.84 Å². The second kappa shape index (κ2) is 6.70. The van der Waals surface area contributed by atoms with Gasteiger partial charge < -0.3 is 11.1 Å². The number of nitrogens with two attached hydrogens (primary N) is 1. The van der Waals surface area contributed by atoms with E-state index in [-0.39, 0.29) is 26.1 Å². The Morgan fingerprint density at radius 2 is 1.56 bits per heavy atom. The second-order valence-corrected chi connectivity index (χ2v) is 8.27. The molecule has 25 heavy (non-hydrogen) atoms. The lowest BCUT2D eigenvalue weighted by Gasteiger charge is -2.09. The van der Waals surface area contributed by atoms with Crippen molar-refractivity contribution in [2.24, 2.45) is 0 Å². The Bertz CT molecular complexity index is 1010. The molecule has 128 valence electrons. The van der Waals surface area contributed by atoms with Crippen molar-refractivity contribution in [3.63, 3.8) is 0 Å². The second-order valence-electron chi connectivity index (χ2n) is 5.37. The van der Waals surface area contributed by atoms with Crippen LogP contribution in [-0.2, 0) is 9.84 Å². The molecule has 5 nitrogen and oxygen atoms in total. The van der Waals surface area contributed by atoms with Gasteiger partial charge in [0.15, 0.2) is 5.78 Å². The molecule has 0 radical (unpaired) electrons. The molecule has 0 aliphatic heterocycles. The number of ketones is 1. The molecule has 0 bridgehead atoms. The summed E-state index contributed by atoms with van der Waals surface area (Å²) in [5.41, 5.74) is 6.75. The van der Waals surface area contributed by atoms with Crippen molar-refractivity contribution in [1.82, 2.24) is 0 Å². The molecule has 0 spiro atoms. The normalized spacial score (nSPS) is 11.2. The van der Waals surface area contributed by atoms with Crippen molar-refractivity contribution in [1.29, 1.82) is 0 Å². The Morgan fingerprint density at radius 3 is 2.12 bits per heavy atom. The number of Topliss-reactive ketones (excluding diaryl/α,β-unsaturated/α-hetero) is 1. The number of sulfone groups is 1. The lowest BCUT2D eigenvalue weighted by atomic mass is 10.3. The standard InChI is InChI=1S/C18H16N2O3S2/c1-12(21)16-15(19)17(25(22,23)14-10-6-3-7-11-14)18(24-16)20-13-8-4-2-5-9-13/h2-11,20H,19H2,1H3. The molecular formula is C18H16N2O3S2. The van der Waals surface area contributed by atoms with Crippen molar-refractivity contribution in [3.05, 3.63) is 65.5 Å². The number of carbonyl (C=O) groups is 1. The number of rotatable bonds is 5. The van der Waals surface area contributed by atoms with Crippen LogP contribution in [0.25, 0.3) is 0 Å². The van der Waals surface area contributed by atoms with Crippen LogP contribution in [0.1, 0.15) is 16.6 Å². The zero-order chi connectivity index (χ0) is 18.0. The Hall–Kier alpha value is -2.64. The molecule has 0 fully saturated rings. The lowest BCUT2D eigenvalue weighted by Crippen LogP contribution is -2.07. The monoisotopic (exact) mass is 372 g/mol. The quantitative estimate of drug-likeness (QED) is 0.658. The third kappa shape index (κ3) is 3.29. The van der Waals surface area contributed by atoms with Gasteiger partial charge in [0.1, 0.15) is 9.90 Å². The Balaban J connectivity index is 2.19. The predicted octanol–water partition coefficient (Wildman–Crippen LogP) is 4.11. The smallest absolute Gasteiger partial charge is 0.211 e. The minimum atomic E-state index is -3.86. The van der Waals surface area contributed by atoms with Gasteiger partial charge in [-0.2, -0.15) is 0 Å². The van der Waals surface area contributed by atoms with E-state index in [1.54, 1.807) is 18.2 Å². The summed E-state index contributed by atoms with van der Waals surface area (Å²) in [6.07, 6.45) is 0. The van der Waals surface area contributed by atoms with Gasteiger partial charge in [-0.25, -0.2) is 8.42 Å². The van der Waals surface area contributed by atoms with E-state index in [4.69, 9.17) is 5.73 Å². The van der Waals surface area contributed by atoms with Gasteiger partial charge >= 0.3 is 0 Å². The van der Waals surface area contributed by atoms with E-state index in [0.29, 0.717) is 10.7 Å². The summed E-state index contributed by atoms with van der Waals surface area (Å²) in [6.45, 7) is 1.37. The van der Waals surface area contributed by atoms with E-state index in [9.17, 15) is 13.2 Å². The SMILES string of the molecule is CC(=O)c1sc(Nc2ccccc2)c(S(=O)(=O)c2ccccc2)c1N. The zero-order valence-electron chi connectivity index (χ0n) is 13.4. The van der Waals surface area contributed by atoms with Gasteiger partial charge in [-0.1, -0.05) is 36.4 Å². The summed E-state index contributed by atoms with van der Waals surface area (Å²) in [5.74, 6) is -0.270. The van der Waals surface area contributed by atoms with Crippen LogP contribution < -0.4 is 11.1 Å². The molecule has 0 unspecified atom stereocenters. The summed E-state index contributed by atoms with van der Waals surface area (Å²) >= 11 is 1.05. The first kappa shape index (κ1) is 17.2. The number of benzene rings is 2. The molecule has 0 aliphatic rings. The summed E-state index contributed by atoms with van der Waals surface area (Å²) in [7, 11) is -3.86.